The Hall–Kier alpha value is -3.70. The predicted molar refractivity (Wildman–Crippen MR) is 108 cm³/mol. The van der Waals surface area contributed by atoms with E-state index in [-0.39, 0.29) is 11.8 Å². The molecule has 0 spiro atoms. The summed E-state index contributed by atoms with van der Waals surface area (Å²) in [5.41, 5.74) is 2.18. The van der Waals surface area contributed by atoms with Gasteiger partial charge >= 0.3 is 5.88 Å². The van der Waals surface area contributed by atoms with Crippen molar-refractivity contribution in [3.05, 3.63) is 64.1 Å². The number of fused-ring (bicyclic) bond motifs is 1. The zero-order valence-electron chi connectivity index (χ0n) is 14.4. The van der Waals surface area contributed by atoms with Crippen molar-refractivity contribution in [1.82, 2.24) is 24.7 Å². The van der Waals surface area contributed by atoms with Crippen molar-refractivity contribution in [3.8, 4) is 17.1 Å². The summed E-state index contributed by atoms with van der Waals surface area (Å²) in [6, 6.07) is 10.2. The number of anilines is 2. The Morgan fingerprint density at radius 1 is 1.28 bits per heavy atom. The van der Waals surface area contributed by atoms with E-state index < -0.39 is 4.92 Å². The Labute approximate surface area is 170 Å². The smallest absolute Gasteiger partial charge is 0.384 e. The number of benzene rings is 1. The molecule has 5 rings (SSSR count). The summed E-state index contributed by atoms with van der Waals surface area (Å²) >= 11 is 7.66. The third kappa shape index (κ3) is 3.02. The monoisotopic (exact) mass is 427 g/mol. The van der Waals surface area contributed by atoms with Gasteiger partial charge in [-0.2, -0.15) is 5.10 Å². The van der Waals surface area contributed by atoms with Gasteiger partial charge in [-0.25, -0.2) is 9.97 Å². The topological polar surface area (TPSA) is 128 Å². The van der Waals surface area contributed by atoms with Crippen molar-refractivity contribution in [2.75, 3.05) is 5.32 Å². The standard InChI is InChI=1S/C17H10ClN7O3S/c18-10-4-2-1-3-9(10)11-7-19-8-24(11)16-14-15(22-23-16)21-17(29-14)20-12-5-6-13(28-12)25(26)27/h1-8H,(H2,20,21,22,23). The fourth-order valence-corrected chi connectivity index (χ4v) is 3.99. The Bertz CT molecular complexity index is 1350. The molecule has 0 atom stereocenters. The molecule has 4 aromatic heterocycles. The maximum atomic E-state index is 10.8. The van der Waals surface area contributed by atoms with Crippen LogP contribution in [0.5, 0.6) is 0 Å². The highest BCUT2D eigenvalue weighted by Gasteiger charge is 2.19. The molecule has 1 aromatic carbocycles. The Balaban J connectivity index is 1.52. The second-order valence-corrected chi connectivity index (χ2v) is 7.30. The van der Waals surface area contributed by atoms with Gasteiger partial charge in [0.15, 0.2) is 16.6 Å². The van der Waals surface area contributed by atoms with E-state index >= 15 is 0 Å². The van der Waals surface area contributed by atoms with E-state index in [9.17, 15) is 10.1 Å². The van der Waals surface area contributed by atoms with Gasteiger partial charge in [0.25, 0.3) is 0 Å². The van der Waals surface area contributed by atoms with Crippen LogP contribution >= 0.6 is 22.9 Å². The van der Waals surface area contributed by atoms with E-state index in [4.69, 9.17) is 16.0 Å². The first kappa shape index (κ1) is 17.4. The highest BCUT2D eigenvalue weighted by atomic mass is 35.5. The number of hydrogen-bond donors (Lipinski definition) is 2. The van der Waals surface area contributed by atoms with Gasteiger partial charge in [-0.05, 0) is 6.07 Å². The first-order valence-corrected chi connectivity index (χ1v) is 9.43. The number of thiazole rings is 1. The third-order valence-electron chi connectivity index (χ3n) is 4.12. The van der Waals surface area contributed by atoms with Gasteiger partial charge < -0.3 is 9.73 Å². The van der Waals surface area contributed by atoms with Gasteiger partial charge in [-0.1, -0.05) is 41.1 Å². The van der Waals surface area contributed by atoms with Crippen molar-refractivity contribution in [2.45, 2.75) is 0 Å². The quantitative estimate of drug-likeness (QED) is 0.305. The highest BCUT2D eigenvalue weighted by Crippen LogP contribution is 2.35. The normalized spacial score (nSPS) is 11.2. The fraction of sp³-hybridized carbons (Fsp3) is 0. The van der Waals surface area contributed by atoms with Crippen molar-refractivity contribution in [3.63, 3.8) is 0 Å². The lowest BCUT2D eigenvalue weighted by molar-refractivity contribution is -0.401. The first-order valence-electron chi connectivity index (χ1n) is 8.24. The molecule has 0 radical (unpaired) electrons. The number of nitrogens with one attached hydrogen (secondary N) is 2. The van der Waals surface area contributed by atoms with Crippen LogP contribution < -0.4 is 5.32 Å². The van der Waals surface area contributed by atoms with Crippen molar-refractivity contribution in [2.24, 2.45) is 0 Å². The minimum atomic E-state index is -0.603. The maximum Gasteiger partial charge on any atom is 0.434 e. The molecule has 0 fully saturated rings. The number of nitrogens with zero attached hydrogens (tertiary/aromatic N) is 5. The molecular formula is C17H10ClN7O3S. The number of hydrogen-bond acceptors (Lipinski definition) is 8. The van der Waals surface area contributed by atoms with Gasteiger partial charge in [0.05, 0.1) is 18.0 Å². The summed E-state index contributed by atoms with van der Waals surface area (Å²) in [7, 11) is 0. The molecule has 0 aliphatic rings. The van der Waals surface area contributed by atoms with Crippen molar-refractivity contribution in [1.29, 1.82) is 0 Å². The zero-order valence-corrected chi connectivity index (χ0v) is 15.9. The summed E-state index contributed by atoms with van der Waals surface area (Å²) in [6.45, 7) is 0. The molecule has 5 aromatic rings. The van der Waals surface area contributed by atoms with E-state index in [0.717, 1.165) is 16.0 Å². The number of H-pyrrole nitrogens is 1. The van der Waals surface area contributed by atoms with Crippen LogP contribution in [0.15, 0.2) is 53.3 Å². The van der Waals surface area contributed by atoms with Crippen LogP contribution in [0, 0.1) is 10.1 Å². The Morgan fingerprint density at radius 3 is 2.93 bits per heavy atom. The number of halogens is 1. The number of aromatic amines is 1. The lowest BCUT2D eigenvalue weighted by Gasteiger charge is -2.06. The molecule has 0 bridgehead atoms. The van der Waals surface area contributed by atoms with Crippen LogP contribution in [0.3, 0.4) is 0 Å². The Morgan fingerprint density at radius 2 is 2.14 bits per heavy atom. The number of nitro groups is 1. The second-order valence-electron chi connectivity index (χ2n) is 5.89. The van der Waals surface area contributed by atoms with Crippen LogP contribution in [0.1, 0.15) is 0 Å². The van der Waals surface area contributed by atoms with Crippen molar-refractivity contribution < 1.29 is 9.34 Å². The van der Waals surface area contributed by atoms with E-state index in [2.05, 4.69) is 25.5 Å². The van der Waals surface area contributed by atoms with E-state index in [1.165, 1.54) is 23.5 Å². The predicted octanol–water partition coefficient (Wildman–Crippen LogP) is 4.77. The zero-order chi connectivity index (χ0) is 20.0. The lowest BCUT2D eigenvalue weighted by atomic mass is 10.1. The SMILES string of the molecule is O=[N+]([O-])c1ccc(Nc2nc3[nH]nc(-n4cncc4-c4ccccc4Cl)c3s2)o1. The summed E-state index contributed by atoms with van der Waals surface area (Å²) in [5, 5.41) is 22.0. The molecule has 12 heteroatoms. The molecule has 10 nitrogen and oxygen atoms in total. The van der Waals surface area contributed by atoms with E-state index in [0.29, 0.717) is 21.6 Å². The summed E-state index contributed by atoms with van der Waals surface area (Å²) in [6.07, 6.45) is 3.36. The van der Waals surface area contributed by atoms with Gasteiger partial charge in [0, 0.05) is 16.7 Å². The third-order valence-corrected chi connectivity index (χ3v) is 5.41. The first-order chi connectivity index (χ1) is 14.1. The summed E-state index contributed by atoms with van der Waals surface area (Å²) in [5.74, 6) is 0.491. The lowest BCUT2D eigenvalue weighted by Crippen LogP contribution is -1.96. The van der Waals surface area contributed by atoms with E-state index in [1.807, 2.05) is 28.8 Å². The highest BCUT2D eigenvalue weighted by molar-refractivity contribution is 7.22. The minimum Gasteiger partial charge on any atom is -0.384 e. The fourth-order valence-electron chi connectivity index (χ4n) is 2.85. The molecule has 144 valence electrons. The second kappa shape index (κ2) is 6.72. The number of rotatable bonds is 5. The number of imidazole rings is 1. The largest absolute Gasteiger partial charge is 0.434 e. The summed E-state index contributed by atoms with van der Waals surface area (Å²) < 4.78 is 7.71. The van der Waals surface area contributed by atoms with Crippen LogP contribution in [0.25, 0.3) is 27.4 Å². The van der Waals surface area contributed by atoms with Gasteiger partial charge in [0.2, 0.25) is 5.88 Å². The molecule has 2 N–H and O–H groups in total. The minimum absolute atomic E-state index is 0.224. The maximum absolute atomic E-state index is 10.8. The van der Waals surface area contributed by atoms with Crippen LogP contribution in [0.4, 0.5) is 16.9 Å². The molecule has 0 unspecified atom stereocenters. The average molecular weight is 428 g/mol. The van der Waals surface area contributed by atoms with Gasteiger partial charge in [-0.15, -0.1) is 0 Å². The molecule has 0 aliphatic carbocycles. The molecule has 0 amide bonds. The van der Waals surface area contributed by atoms with Crippen molar-refractivity contribution >= 4 is 50.2 Å². The van der Waals surface area contributed by atoms with Crippen LogP contribution in [-0.4, -0.2) is 29.7 Å². The number of aromatic nitrogens is 5. The number of furan rings is 1. The average Bonchev–Trinajstić information content (AvgIpc) is 3.45. The molecule has 4 heterocycles. The molecular weight excluding hydrogens is 418 g/mol. The van der Waals surface area contributed by atoms with Crippen LogP contribution in [-0.2, 0) is 0 Å². The molecule has 0 aliphatic heterocycles. The van der Waals surface area contributed by atoms with Gasteiger partial charge in [0.1, 0.15) is 16.0 Å². The van der Waals surface area contributed by atoms with E-state index in [1.54, 1.807) is 12.5 Å². The molecule has 0 saturated carbocycles. The van der Waals surface area contributed by atoms with Gasteiger partial charge in [-0.3, -0.25) is 19.8 Å². The molecule has 0 saturated heterocycles. The summed E-state index contributed by atoms with van der Waals surface area (Å²) in [4.78, 5) is 18.8. The van der Waals surface area contributed by atoms with Crippen LogP contribution in [0.2, 0.25) is 5.02 Å². The Kier molecular flexibility index (Phi) is 4.03. The molecule has 29 heavy (non-hydrogen) atoms.